The van der Waals surface area contributed by atoms with Crippen LogP contribution in [0.4, 0.5) is 0 Å². The molecule has 1 aliphatic heterocycles. The van der Waals surface area contributed by atoms with Gasteiger partial charge in [-0.05, 0) is 62.1 Å². The highest BCUT2D eigenvalue weighted by Crippen LogP contribution is 2.30. The lowest BCUT2D eigenvalue weighted by atomic mass is 10.0. The van der Waals surface area contributed by atoms with Crippen LogP contribution in [0.2, 0.25) is 0 Å². The van der Waals surface area contributed by atoms with Crippen LogP contribution in [0.3, 0.4) is 0 Å². The number of hydrogen-bond donors (Lipinski definition) is 0. The third-order valence-electron chi connectivity index (χ3n) is 6.00. The van der Waals surface area contributed by atoms with Crippen molar-refractivity contribution in [2.24, 2.45) is 0 Å². The molecule has 3 aromatic heterocycles. The third kappa shape index (κ3) is 5.42. The topological polar surface area (TPSA) is 73.4 Å². The largest absolute Gasteiger partial charge is 0.467 e. The van der Waals surface area contributed by atoms with Gasteiger partial charge in [0.05, 0.1) is 36.1 Å². The first-order chi connectivity index (χ1) is 16.3. The van der Waals surface area contributed by atoms with Crippen molar-refractivity contribution >= 4 is 29.0 Å². The molecule has 4 heterocycles. The van der Waals surface area contributed by atoms with Gasteiger partial charge in [0, 0.05) is 12.3 Å². The molecule has 33 heavy (non-hydrogen) atoms. The van der Waals surface area contributed by atoms with Crippen LogP contribution in [-0.2, 0) is 22.6 Å². The van der Waals surface area contributed by atoms with E-state index in [1.807, 2.05) is 28.5 Å². The first-order valence-electron chi connectivity index (χ1n) is 11.5. The number of ether oxygens (including phenoxy) is 1. The first-order valence-corrected chi connectivity index (χ1v) is 13.4. The summed E-state index contributed by atoms with van der Waals surface area (Å²) in [5, 5.41) is 11.7. The average molecular weight is 485 g/mol. The molecule has 1 atom stereocenters. The molecule has 3 aromatic rings. The second kappa shape index (κ2) is 10.7. The maximum atomic E-state index is 13.4. The molecule has 0 N–H and O–H groups in total. The summed E-state index contributed by atoms with van der Waals surface area (Å²) in [6, 6.07) is 7.86. The van der Waals surface area contributed by atoms with Gasteiger partial charge in [-0.3, -0.25) is 9.36 Å². The predicted molar refractivity (Wildman–Crippen MR) is 129 cm³/mol. The Kier molecular flexibility index (Phi) is 7.28. The molecule has 1 saturated heterocycles. The Morgan fingerprint density at radius 2 is 2.21 bits per heavy atom. The molecular formula is C24H28N4O3S2. The summed E-state index contributed by atoms with van der Waals surface area (Å²) in [7, 11) is 0. The number of aromatic nitrogens is 3. The van der Waals surface area contributed by atoms with E-state index in [2.05, 4.69) is 26.9 Å². The monoisotopic (exact) mass is 484 g/mol. The molecule has 0 spiro atoms. The molecule has 0 saturated carbocycles. The maximum Gasteiger partial charge on any atom is 0.237 e. The molecule has 0 radical (unpaired) electrons. The summed E-state index contributed by atoms with van der Waals surface area (Å²) in [4.78, 5) is 16.3. The van der Waals surface area contributed by atoms with Gasteiger partial charge in [-0.25, -0.2) is 0 Å². The molecule has 7 nitrogen and oxygen atoms in total. The molecule has 1 amide bonds. The van der Waals surface area contributed by atoms with Crippen molar-refractivity contribution in [3.05, 3.63) is 53.4 Å². The van der Waals surface area contributed by atoms with E-state index in [-0.39, 0.29) is 12.0 Å². The number of thiophene rings is 1. The molecule has 0 bridgehead atoms. The summed E-state index contributed by atoms with van der Waals surface area (Å²) < 4.78 is 13.5. The van der Waals surface area contributed by atoms with E-state index in [0.717, 1.165) is 66.0 Å². The molecule has 0 aromatic carbocycles. The summed E-state index contributed by atoms with van der Waals surface area (Å²) in [6.07, 6.45) is 10.4. The van der Waals surface area contributed by atoms with Gasteiger partial charge in [-0.2, -0.15) is 0 Å². The standard InChI is InChI=1S/C24H28N4O3S2/c29-22(27(15-19-9-4-12-30-19)18-7-2-1-3-8-18)17-33-24-26-25-23(21-11-6-14-32-21)28(24)16-20-10-5-13-31-20/h4,6-7,9,11-12,14,20H,1-3,5,8,10,13,15-17H2/t20-/m0/s1. The minimum absolute atomic E-state index is 0.0638. The Morgan fingerprint density at radius 3 is 2.94 bits per heavy atom. The molecule has 1 aliphatic carbocycles. The number of furan rings is 1. The van der Waals surface area contributed by atoms with Crippen LogP contribution in [0.15, 0.2) is 57.3 Å². The Morgan fingerprint density at radius 1 is 1.24 bits per heavy atom. The SMILES string of the molecule is O=C(CSc1nnc(-c2cccs2)n1C[C@@H]1CCCO1)N(Cc1ccco1)C1=CCCCC1. The first kappa shape index (κ1) is 22.4. The van der Waals surface area contributed by atoms with Gasteiger partial charge in [0.15, 0.2) is 11.0 Å². The molecule has 1 fully saturated rings. The average Bonchev–Trinajstić information content (AvgIpc) is 3.65. The summed E-state index contributed by atoms with van der Waals surface area (Å²) in [5.41, 5.74) is 1.10. The lowest BCUT2D eigenvalue weighted by Gasteiger charge is -2.27. The van der Waals surface area contributed by atoms with E-state index in [1.165, 1.54) is 18.2 Å². The molecule has 5 rings (SSSR count). The Hall–Kier alpha value is -2.36. The zero-order valence-corrected chi connectivity index (χ0v) is 20.2. The quantitative estimate of drug-likeness (QED) is 0.381. The van der Waals surface area contributed by atoms with Crippen LogP contribution in [0.1, 0.15) is 44.3 Å². The van der Waals surface area contributed by atoms with Gasteiger partial charge < -0.3 is 14.1 Å². The van der Waals surface area contributed by atoms with Crippen molar-refractivity contribution in [2.45, 2.75) is 62.9 Å². The lowest BCUT2D eigenvalue weighted by Crippen LogP contribution is -2.32. The fourth-order valence-corrected chi connectivity index (χ4v) is 5.86. The number of amides is 1. The lowest BCUT2D eigenvalue weighted by molar-refractivity contribution is -0.127. The van der Waals surface area contributed by atoms with Gasteiger partial charge in [0.2, 0.25) is 5.91 Å². The van der Waals surface area contributed by atoms with Gasteiger partial charge in [-0.1, -0.05) is 23.9 Å². The van der Waals surface area contributed by atoms with Crippen molar-refractivity contribution in [1.29, 1.82) is 0 Å². The Balaban J connectivity index is 1.33. The van der Waals surface area contributed by atoms with Gasteiger partial charge in [0.1, 0.15) is 5.76 Å². The van der Waals surface area contributed by atoms with Crippen molar-refractivity contribution < 1.29 is 13.9 Å². The van der Waals surface area contributed by atoms with Crippen molar-refractivity contribution in [2.75, 3.05) is 12.4 Å². The van der Waals surface area contributed by atoms with Gasteiger partial charge in [0.25, 0.3) is 0 Å². The van der Waals surface area contributed by atoms with Crippen molar-refractivity contribution in [3.63, 3.8) is 0 Å². The van der Waals surface area contributed by atoms with Crippen LogP contribution in [0.25, 0.3) is 10.7 Å². The molecule has 174 valence electrons. The minimum atomic E-state index is 0.0638. The number of hydrogen-bond acceptors (Lipinski definition) is 7. The van der Waals surface area contributed by atoms with Crippen LogP contribution in [-0.4, -0.2) is 44.0 Å². The van der Waals surface area contributed by atoms with Crippen molar-refractivity contribution in [1.82, 2.24) is 19.7 Å². The van der Waals surface area contributed by atoms with E-state index in [1.54, 1.807) is 17.6 Å². The number of nitrogens with zero attached hydrogens (tertiary/aromatic N) is 4. The summed E-state index contributed by atoms with van der Waals surface area (Å²) in [5.74, 6) is 2.00. The van der Waals surface area contributed by atoms with E-state index in [4.69, 9.17) is 9.15 Å². The Bertz CT molecular complexity index is 1070. The second-order valence-corrected chi connectivity index (χ2v) is 10.2. The van der Waals surface area contributed by atoms with E-state index in [0.29, 0.717) is 18.8 Å². The zero-order chi connectivity index (χ0) is 22.5. The van der Waals surface area contributed by atoms with E-state index >= 15 is 0 Å². The highest BCUT2D eigenvalue weighted by atomic mass is 32.2. The number of carbonyl (C=O) groups is 1. The van der Waals surface area contributed by atoms with Gasteiger partial charge >= 0.3 is 0 Å². The molecular weight excluding hydrogens is 456 g/mol. The smallest absolute Gasteiger partial charge is 0.237 e. The van der Waals surface area contributed by atoms with Crippen LogP contribution in [0, 0.1) is 0 Å². The number of allylic oxidation sites excluding steroid dienone is 2. The highest BCUT2D eigenvalue weighted by molar-refractivity contribution is 7.99. The minimum Gasteiger partial charge on any atom is -0.467 e. The fourth-order valence-electron chi connectivity index (χ4n) is 4.32. The Labute approximate surface area is 201 Å². The molecule has 2 aliphatic rings. The van der Waals surface area contributed by atoms with E-state index in [9.17, 15) is 4.79 Å². The summed E-state index contributed by atoms with van der Waals surface area (Å²) in [6.45, 7) is 1.97. The fraction of sp³-hybridized carbons (Fsp3) is 0.458. The van der Waals surface area contributed by atoms with Crippen molar-refractivity contribution in [3.8, 4) is 10.7 Å². The normalized spacial score (nSPS) is 18.4. The van der Waals surface area contributed by atoms with Crippen LogP contribution < -0.4 is 0 Å². The number of thioether (sulfide) groups is 1. The second-order valence-electron chi connectivity index (χ2n) is 8.32. The van der Waals surface area contributed by atoms with Crippen LogP contribution in [0.5, 0.6) is 0 Å². The number of carbonyl (C=O) groups excluding carboxylic acids is 1. The number of rotatable bonds is 9. The van der Waals surface area contributed by atoms with Crippen LogP contribution >= 0.6 is 23.1 Å². The zero-order valence-electron chi connectivity index (χ0n) is 18.5. The molecule has 9 heteroatoms. The third-order valence-corrected chi connectivity index (χ3v) is 7.82. The highest BCUT2D eigenvalue weighted by Gasteiger charge is 2.25. The maximum absolute atomic E-state index is 13.4. The van der Waals surface area contributed by atoms with Gasteiger partial charge in [-0.15, -0.1) is 21.5 Å². The molecule has 0 unspecified atom stereocenters. The predicted octanol–water partition coefficient (Wildman–Crippen LogP) is 5.36. The summed E-state index contributed by atoms with van der Waals surface area (Å²) >= 11 is 3.10. The van der Waals surface area contributed by atoms with E-state index < -0.39 is 0 Å².